The molecule has 0 bridgehead atoms. The van der Waals surface area contributed by atoms with E-state index in [1.165, 1.54) is 30.6 Å². The Morgan fingerprint density at radius 1 is 1.20 bits per heavy atom. The first-order chi connectivity index (χ1) is 14.2. The number of thiazole rings is 1. The second-order valence-electron chi connectivity index (χ2n) is 6.83. The van der Waals surface area contributed by atoms with Gasteiger partial charge in [0.2, 0.25) is 5.91 Å². The molecule has 3 rings (SSSR count). The highest BCUT2D eigenvalue weighted by Crippen LogP contribution is 2.22. The van der Waals surface area contributed by atoms with Crippen molar-refractivity contribution in [3.05, 3.63) is 52.3 Å². The summed E-state index contributed by atoms with van der Waals surface area (Å²) in [6, 6.07) is 10.1. The molecule has 0 fully saturated rings. The zero-order valence-corrected chi connectivity index (χ0v) is 18.6. The third-order valence-corrected chi connectivity index (χ3v) is 7.54. The van der Waals surface area contributed by atoms with Gasteiger partial charge in [0.25, 0.3) is 0 Å². The molecule has 0 saturated carbocycles. The second-order valence-corrected chi connectivity index (χ2v) is 9.95. The third kappa shape index (κ3) is 4.64. The Bertz CT molecular complexity index is 1310. The number of hydrogen-bond donors (Lipinski definition) is 0. The molecule has 2 aromatic carbocycles. The van der Waals surface area contributed by atoms with E-state index in [1.807, 2.05) is 30.5 Å². The number of fused-ring (bicyclic) bond motifs is 1. The van der Waals surface area contributed by atoms with Crippen LogP contribution in [0.25, 0.3) is 10.2 Å². The fourth-order valence-corrected chi connectivity index (χ4v) is 5.29. The smallest absolute Gasteiger partial charge is 0.249 e. The number of carbonyl (C=O) groups is 1. The number of benzene rings is 2. The van der Waals surface area contributed by atoms with Gasteiger partial charge in [-0.2, -0.15) is 4.99 Å². The van der Waals surface area contributed by atoms with Crippen LogP contribution in [-0.4, -0.2) is 31.8 Å². The van der Waals surface area contributed by atoms with Gasteiger partial charge in [0.15, 0.2) is 14.6 Å². The number of ether oxygens (including phenoxy) is 1. The number of sulfone groups is 1. The quantitative estimate of drug-likeness (QED) is 0.549. The van der Waals surface area contributed by atoms with Gasteiger partial charge < -0.3 is 9.30 Å². The zero-order valence-electron chi connectivity index (χ0n) is 17.0. The van der Waals surface area contributed by atoms with Crippen LogP contribution >= 0.6 is 11.3 Å². The minimum Gasteiger partial charge on any atom is -0.497 e. The molecule has 0 saturated heterocycles. The molecule has 0 N–H and O–H groups in total. The van der Waals surface area contributed by atoms with E-state index in [2.05, 4.69) is 10.9 Å². The van der Waals surface area contributed by atoms with E-state index in [1.54, 1.807) is 12.1 Å². The fourth-order valence-electron chi connectivity index (χ4n) is 2.94. The summed E-state index contributed by atoms with van der Waals surface area (Å²) in [5.41, 5.74) is 3.17. The van der Waals surface area contributed by atoms with Gasteiger partial charge in [0, 0.05) is 6.42 Å². The molecule has 6 nitrogen and oxygen atoms in total. The van der Waals surface area contributed by atoms with Gasteiger partial charge in [-0.15, -0.1) is 6.42 Å². The summed E-state index contributed by atoms with van der Waals surface area (Å²) in [4.78, 5) is 17.2. The normalized spacial score (nSPS) is 12.1. The van der Waals surface area contributed by atoms with E-state index in [9.17, 15) is 13.2 Å². The highest BCUT2D eigenvalue weighted by Gasteiger charge is 2.17. The number of amides is 1. The monoisotopic (exact) mass is 442 g/mol. The minimum absolute atomic E-state index is 0.145. The number of hydrogen-bond acceptors (Lipinski definition) is 5. The number of aryl methyl sites for hydroxylation is 2. The van der Waals surface area contributed by atoms with E-state index in [-0.39, 0.29) is 23.6 Å². The topological polar surface area (TPSA) is 77.7 Å². The molecular weight excluding hydrogens is 420 g/mol. The number of carbonyl (C=O) groups excluding carboxylic acids is 1. The molecule has 3 aromatic rings. The van der Waals surface area contributed by atoms with Crippen molar-refractivity contribution in [2.24, 2.45) is 4.99 Å². The van der Waals surface area contributed by atoms with Crippen LogP contribution in [0.5, 0.6) is 5.75 Å². The summed E-state index contributed by atoms with van der Waals surface area (Å²) in [6.45, 7) is 4.31. The summed E-state index contributed by atoms with van der Waals surface area (Å²) in [7, 11) is -2.09. The lowest BCUT2D eigenvalue weighted by Gasteiger charge is -2.05. The van der Waals surface area contributed by atoms with Crippen molar-refractivity contribution in [1.82, 2.24) is 4.57 Å². The molecule has 156 valence electrons. The molecule has 1 amide bonds. The van der Waals surface area contributed by atoms with Crippen LogP contribution in [0.3, 0.4) is 0 Å². The van der Waals surface area contributed by atoms with Crippen LogP contribution < -0.4 is 9.54 Å². The molecule has 0 aliphatic heterocycles. The Hall–Kier alpha value is -2.89. The van der Waals surface area contributed by atoms with Gasteiger partial charge in [0.05, 0.1) is 34.5 Å². The maximum absolute atomic E-state index is 12.5. The van der Waals surface area contributed by atoms with Gasteiger partial charge in [-0.1, -0.05) is 17.3 Å². The first-order valence-corrected chi connectivity index (χ1v) is 11.7. The number of terminal acetylenes is 1. The summed E-state index contributed by atoms with van der Waals surface area (Å²) < 4.78 is 32.8. The Balaban J connectivity index is 1.86. The van der Waals surface area contributed by atoms with Crippen molar-refractivity contribution in [3.8, 4) is 18.1 Å². The molecule has 1 heterocycles. The number of rotatable bonds is 6. The van der Waals surface area contributed by atoms with Crippen LogP contribution in [0.1, 0.15) is 17.5 Å². The van der Waals surface area contributed by atoms with Gasteiger partial charge >= 0.3 is 0 Å². The first kappa shape index (κ1) is 21.8. The highest BCUT2D eigenvalue weighted by atomic mass is 32.2. The van der Waals surface area contributed by atoms with Gasteiger partial charge in [0.1, 0.15) is 5.75 Å². The van der Waals surface area contributed by atoms with Crippen LogP contribution in [0, 0.1) is 26.2 Å². The molecule has 0 atom stereocenters. The van der Waals surface area contributed by atoms with Gasteiger partial charge in [-0.05, 0) is 61.4 Å². The molecule has 0 unspecified atom stereocenters. The fraction of sp³-hybridized carbons (Fsp3) is 0.273. The zero-order chi connectivity index (χ0) is 21.9. The molecular formula is C22H22N2O4S2. The molecule has 0 spiro atoms. The van der Waals surface area contributed by atoms with Crippen molar-refractivity contribution in [1.29, 1.82) is 0 Å². The molecule has 0 aliphatic rings. The lowest BCUT2D eigenvalue weighted by molar-refractivity contribution is -0.117. The summed E-state index contributed by atoms with van der Waals surface area (Å²) in [5.74, 6) is 2.33. The number of nitrogens with zero attached hydrogens (tertiary/aromatic N) is 2. The number of aromatic nitrogens is 1. The van der Waals surface area contributed by atoms with Crippen LogP contribution in [-0.2, 0) is 21.2 Å². The van der Waals surface area contributed by atoms with Crippen LogP contribution in [0.4, 0.5) is 0 Å². The van der Waals surface area contributed by atoms with E-state index in [0.29, 0.717) is 10.6 Å². The Morgan fingerprint density at radius 3 is 2.50 bits per heavy atom. The second kappa shape index (κ2) is 8.86. The lowest BCUT2D eigenvalue weighted by atomic mass is 10.1. The number of methoxy groups -OCH3 is 1. The summed E-state index contributed by atoms with van der Waals surface area (Å²) in [6.07, 6.45) is 5.29. The average Bonchev–Trinajstić information content (AvgIpc) is 3.03. The Kier molecular flexibility index (Phi) is 6.44. The van der Waals surface area contributed by atoms with Crippen LogP contribution in [0.2, 0.25) is 0 Å². The SMILES string of the molecule is C#CCn1c(=NC(=O)CCS(=O)(=O)c2ccc(OC)cc2)sc2cc(C)c(C)cc21. The largest absolute Gasteiger partial charge is 0.497 e. The Morgan fingerprint density at radius 2 is 1.87 bits per heavy atom. The molecule has 30 heavy (non-hydrogen) atoms. The van der Waals surface area contributed by atoms with Crippen molar-refractivity contribution < 1.29 is 17.9 Å². The molecule has 0 aliphatic carbocycles. The summed E-state index contributed by atoms with van der Waals surface area (Å²) in [5, 5.41) is 0. The van der Waals surface area contributed by atoms with Crippen LogP contribution in [0.15, 0.2) is 46.3 Å². The maximum atomic E-state index is 12.5. The van der Waals surface area contributed by atoms with Crippen molar-refractivity contribution in [2.75, 3.05) is 12.9 Å². The van der Waals surface area contributed by atoms with Crippen molar-refractivity contribution >= 4 is 37.3 Å². The van der Waals surface area contributed by atoms with E-state index in [4.69, 9.17) is 11.2 Å². The van der Waals surface area contributed by atoms with Crippen molar-refractivity contribution in [2.45, 2.75) is 31.7 Å². The van der Waals surface area contributed by atoms with Gasteiger partial charge in [-0.3, -0.25) is 4.79 Å². The third-order valence-electron chi connectivity index (χ3n) is 4.77. The van der Waals surface area contributed by atoms with Gasteiger partial charge in [-0.25, -0.2) is 8.42 Å². The first-order valence-electron chi connectivity index (χ1n) is 9.23. The average molecular weight is 443 g/mol. The predicted molar refractivity (Wildman–Crippen MR) is 118 cm³/mol. The Labute approximate surface area is 179 Å². The molecule has 8 heteroatoms. The van der Waals surface area contributed by atoms with E-state index < -0.39 is 15.7 Å². The highest BCUT2D eigenvalue weighted by molar-refractivity contribution is 7.91. The lowest BCUT2D eigenvalue weighted by Crippen LogP contribution is -2.18. The maximum Gasteiger partial charge on any atom is 0.249 e. The predicted octanol–water partition coefficient (Wildman–Crippen LogP) is 3.25. The van der Waals surface area contributed by atoms with E-state index >= 15 is 0 Å². The van der Waals surface area contributed by atoms with Crippen molar-refractivity contribution in [3.63, 3.8) is 0 Å². The summed E-state index contributed by atoms with van der Waals surface area (Å²) >= 11 is 1.37. The van der Waals surface area contributed by atoms with E-state index in [0.717, 1.165) is 21.3 Å². The molecule has 1 aromatic heterocycles. The molecule has 0 radical (unpaired) electrons. The standard InChI is InChI=1S/C22H22N2O4S2/c1-5-11-24-19-13-15(2)16(3)14-20(19)29-22(24)23-21(25)10-12-30(26,27)18-8-6-17(28-4)7-9-18/h1,6-9,13-14H,10-12H2,2-4H3. The minimum atomic E-state index is -3.60.